The molecule has 4 aliphatic rings. The first-order chi connectivity index (χ1) is 28.1. The molecule has 0 radical (unpaired) electrons. The van der Waals surface area contributed by atoms with Crippen molar-refractivity contribution in [2.24, 2.45) is 0 Å². The zero-order valence-electron chi connectivity index (χ0n) is 36.1. The first-order valence-electron chi connectivity index (χ1n) is 21.6. The van der Waals surface area contributed by atoms with E-state index < -0.39 is 0 Å². The van der Waals surface area contributed by atoms with E-state index in [2.05, 4.69) is 206 Å². The maximum absolute atomic E-state index is 2.72. The average Bonchev–Trinajstić information content (AvgIpc) is 3.76. The van der Waals surface area contributed by atoms with E-state index in [1.807, 2.05) is 0 Å². The Bertz CT molecular complexity index is 3180. The van der Waals surface area contributed by atoms with Gasteiger partial charge in [-0.1, -0.05) is 160 Å². The van der Waals surface area contributed by atoms with E-state index in [9.17, 15) is 0 Å². The highest BCUT2D eigenvalue weighted by Crippen LogP contribution is 2.56. The second kappa shape index (κ2) is 11.1. The van der Waals surface area contributed by atoms with Gasteiger partial charge in [0.25, 0.3) is 0 Å². The van der Waals surface area contributed by atoms with E-state index in [0.29, 0.717) is 0 Å². The van der Waals surface area contributed by atoms with E-state index in [0.717, 1.165) is 0 Å². The Kier molecular flexibility index (Phi) is 6.60. The van der Waals surface area contributed by atoms with Crippen LogP contribution in [0.5, 0.6) is 0 Å². The number of nitrogens with zero attached hydrogens (tertiary/aromatic N) is 2. The molecule has 3 heteroatoms. The fourth-order valence-corrected chi connectivity index (χ4v) is 11.7. The Labute approximate surface area is 349 Å². The molecule has 0 unspecified atom stereocenters. The molecule has 0 spiro atoms. The number of fused-ring (bicyclic) bond motifs is 15. The Morgan fingerprint density at radius 3 is 1.85 bits per heavy atom. The van der Waals surface area contributed by atoms with Gasteiger partial charge in [0.05, 0.1) is 11.0 Å². The zero-order chi connectivity index (χ0) is 40.7. The maximum Gasteiger partial charge on any atom is 0.333 e. The summed E-state index contributed by atoms with van der Waals surface area (Å²) >= 11 is 0. The molecule has 8 aromatic rings. The van der Waals surface area contributed by atoms with Crippen LogP contribution in [0.2, 0.25) is 0 Å². The van der Waals surface area contributed by atoms with Crippen LogP contribution in [0.25, 0.3) is 60.9 Å². The maximum atomic E-state index is 2.72. The first-order valence-corrected chi connectivity index (χ1v) is 21.6. The summed E-state index contributed by atoms with van der Waals surface area (Å²) in [7, 11) is 0. The summed E-state index contributed by atoms with van der Waals surface area (Å²) in [6, 6.07) is 50.1. The minimum Gasteiger partial charge on any atom is -0.376 e. The Morgan fingerprint density at radius 2 is 1.14 bits per heavy atom. The van der Waals surface area contributed by atoms with Crippen LogP contribution in [-0.4, -0.2) is 11.4 Å². The summed E-state index contributed by atoms with van der Waals surface area (Å²) in [6.45, 7) is 23.6. The lowest BCUT2D eigenvalue weighted by Crippen LogP contribution is -2.60. The fraction of sp³-hybridized carbons (Fsp3) is 0.250. The first kappa shape index (κ1) is 35.2. The van der Waals surface area contributed by atoms with Crippen LogP contribution in [0.4, 0.5) is 11.4 Å². The van der Waals surface area contributed by atoms with Crippen molar-refractivity contribution in [3.05, 3.63) is 161 Å². The van der Waals surface area contributed by atoms with Gasteiger partial charge >= 0.3 is 6.85 Å². The minimum atomic E-state index is -0.117. The molecule has 7 aromatic carbocycles. The molecular formula is C56H51BN2. The zero-order valence-corrected chi connectivity index (χ0v) is 36.1. The van der Waals surface area contributed by atoms with Crippen molar-refractivity contribution < 1.29 is 0 Å². The largest absolute Gasteiger partial charge is 0.376 e. The summed E-state index contributed by atoms with van der Waals surface area (Å²) < 4.78 is 2.65. The number of benzene rings is 7. The predicted octanol–water partition coefficient (Wildman–Crippen LogP) is 13.2. The van der Waals surface area contributed by atoms with Gasteiger partial charge in [0.15, 0.2) is 0 Å². The van der Waals surface area contributed by atoms with Gasteiger partial charge in [-0.25, -0.2) is 0 Å². The molecule has 0 saturated heterocycles. The van der Waals surface area contributed by atoms with Crippen molar-refractivity contribution in [1.29, 1.82) is 0 Å². The second-order valence-electron chi connectivity index (χ2n) is 21.0. The van der Waals surface area contributed by atoms with Crippen LogP contribution >= 0.6 is 0 Å². The molecule has 2 nitrogen and oxygen atoms in total. The van der Waals surface area contributed by atoms with Crippen LogP contribution in [0.1, 0.15) is 103 Å². The molecule has 1 aromatic heterocycles. The number of rotatable bonds is 1. The Balaban J connectivity index is 1.25. The summed E-state index contributed by atoms with van der Waals surface area (Å²) in [5, 5.41) is 2.72. The van der Waals surface area contributed by atoms with E-state index in [-0.39, 0.29) is 28.5 Å². The molecule has 12 rings (SSSR count). The summed E-state index contributed by atoms with van der Waals surface area (Å²) in [4.78, 5) is 2.72. The Morgan fingerprint density at radius 1 is 0.492 bits per heavy atom. The lowest BCUT2D eigenvalue weighted by molar-refractivity contribution is 0.590. The standard InChI is InChI=1S/C56H51BN2/c1-53(2,3)32-19-22-34(23-20-32)59-48-31-44-39(35-15-11-13-17-41(35)56(44,9)10)30-40(48)36-24-25-38-50-47(28-26-43-49(50)37-16-12-14-18-42(37)55(43,7)8)58-46-27-21-33(54(4,5)6)29-45(46)57(59)51(36)52(38)58/h11-31H,1-10H3. The number of hydrogen-bond donors (Lipinski definition) is 0. The Hall–Kier alpha value is -5.80. The molecule has 0 atom stereocenters. The van der Waals surface area contributed by atoms with Gasteiger partial charge in [0.2, 0.25) is 0 Å². The normalized spacial score (nSPS) is 16.2. The van der Waals surface area contributed by atoms with E-state index in [4.69, 9.17) is 0 Å². The third kappa shape index (κ3) is 4.39. The summed E-state index contributed by atoms with van der Waals surface area (Å²) in [5.74, 6) is 0. The van der Waals surface area contributed by atoms with Crippen molar-refractivity contribution in [3.63, 3.8) is 0 Å². The average molecular weight is 763 g/mol. The molecular weight excluding hydrogens is 711 g/mol. The van der Waals surface area contributed by atoms with Crippen molar-refractivity contribution in [2.75, 3.05) is 4.81 Å². The van der Waals surface area contributed by atoms with Crippen LogP contribution in [0, 0.1) is 0 Å². The molecule has 59 heavy (non-hydrogen) atoms. The minimum absolute atomic E-state index is 0.0125. The number of anilines is 2. The third-order valence-electron chi connectivity index (χ3n) is 14.9. The van der Waals surface area contributed by atoms with Crippen LogP contribution in [0.15, 0.2) is 127 Å². The van der Waals surface area contributed by atoms with Crippen molar-refractivity contribution in [3.8, 4) is 39.1 Å². The molecule has 0 N–H and O–H groups in total. The molecule has 0 bridgehead atoms. The third-order valence-corrected chi connectivity index (χ3v) is 14.9. The highest BCUT2D eigenvalue weighted by molar-refractivity contribution is 6.93. The number of aromatic nitrogens is 1. The van der Waals surface area contributed by atoms with Crippen LogP contribution in [0.3, 0.4) is 0 Å². The van der Waals surface area contributed by atoms with Gasteiger partial charge in [-0.2, -0.15) is 0 Å². The van der Waals surface area contributed by atoms with Gasteiger partial charge in [0, 0.05) is 44.2 Å². The van der Waals surface area contributed by atoms with Crippen molar-refractivity contribution in [1.82, 2.24) is 4.57 Å². The summed E-state index contributed by atoms with van der Waals surface area (Å²) in [6.07, 6.45) is 0. The predicted molar refractivity (Wildman–Crippen MR) is 252 cm³/mol. The van der Waals surface area contributed by atoms with Crippen LogP contribution in [-0.2, 0) is 21.7 Å². The highest BCUT2D eigenvalue weighted by atomic mass is 15.1. The molecule has 288 valence electrons. The highest BCUT2D eigenvalue weighted by Gasteiger charge is 2.47. The SMILES string of the molecule is CC(C)(C)c1ccc(N2B3c4cc(C(C)(C)C)ccc4-n4c5ccc6c(c5c5ccc(c3c54)-c3cc4c(cc32)C(C)(C)c2ccccc2-4)-c2ccccc2C6(C)C)cc1. The van der Waals surface area contributed by atoms with E-state index in [1.165, 1.54) is 117 Å². The van der Waals surface area contributed by atoms with Gasteiger partial charge in [-0.05, 0) is 119 Å². The fourth-order valence-electron chi connectivity index (χ4n) is 11.7. The smallest absolute Gasteiger partial charge is 0.333 e. The quantitative estimate of drug-likeness (QED) is 0.151. The number of hydrogen-bond acceptors (Lipinski definition) is 1. The topological polar surface area (TPSA) is 8.17 Å². The molecule has 2 aliphatic carbocycles. The molecule has 0 amide bonds. The summed E-state index contributed by atoms with van der Waals surface area (Å²) in [5.41, 5.74) is 25.6. The molecule has 0 saturated carbocycles. The lowest BCUT2D eigenvalue weighted by atomic mass is 9.43. The van der Waals surface area contributed by atoms with Crippen molar-refractivity contribution >= 4 is 51.0 Å². The monoisotopic (exact) mass is 762 g/mol. The van der Waals surface area contributed by atoms with Gasteiger partial charge < -0.3 is 9.38 Å². The van der Waals surface area contributed by atoms with E-state index >= 15 is 0 Å². The van der Waals surface area contributed by atoms with Gasteiger partial charge in [-0.3, -0.25) is 0 Å². The molecule has 0 fully saturated rings. The lowest BCUT2D eigenvalue weighted by Gasteiger charge is -2.43. The van der Waals surface area contributed by atoms with Crippen LogP contribution < -0.4 is 15.7 Å². The van der Waals surface area contributed by atoms with Gasteiger partial charge in [-0.15, -0.1) is 0 Å². The second-order valence-corrected chi connectivity index (χ2v) is 21.0. The van der Waals surface area contributed by atoms with Gasteiger partial charge in [0.1, 0.15) is 0 Å². The molecule has 3 heterocycles. The van der Waals surface area contributed by atoms with E-state index in [1.54, 1.807) is 0 Å². The molecule has 2 aliphatic heterocycles. The van der Waals surface area contributed by atoms with Crippen molar-refractivity contribution in [2.45, 2.75) is 90.9 Å².